The fourth-order valence-corrected chi connectivity index (χ4v) is 1.94. The van der Waals surface area contributed by atoms with Gasteiger partial charge in [-0.2, -0.15) is 0 Å². The third-order valence-corrected chi connectivity index (χ3v) is 3.39. The fraction of sp³-hybridized carbons (Fsp3) is 0.417. The highest BCUT2D eigenvalue weighted by atomic mass is 32.2. The molecule has 0 saturated carbocycles. The molecule has 6 nitrogen and oxygen atoms in total. The number of rotatable bonds is 5. The van der Waals surface area contributed by atoms with Crippen molar-refractivity contribution >= 4 is 21.6 Å². The van der Waals surface area contributed by atoms with E-state index in [-0.39, 0.29) is 23.4 Å². The van der Waals surface area contributed by atoms with E-state index in [9.17, 15) is 13.2 Å². The van der Waals surface area contributed by atoms with Gasteiger partial charge in [-0.1, -0.05) is 19.9 Å². The number of amides is 1. The van der Waals surface area contributed by atoms with Gasteiger partial charge in [-0.15, -0.1) is 0 Å². The lowest BCUT2D eigenvalue weighted by Gasteiger charge is -2.11. The van der Waals surface area contributed by atoms with Crippen LogP contribution in [0.5, 0.6) is 0 Å². The number of nitrogens with two attached hydrogens (primary N) is 1. The normalized spacial score (nSPS) is 11.6. The molecule has 0 spiro atoms. The van der Waals surface area contributed by atoms with E-state index in [4.69, 9.17) is 5.14 Å². The van der Waals surface area contributed by atoms with Gasteiger partial charge in [-0.3, -0.25) is 4.79 Å². The summed E-state index contributed by atoms with van der Waals surface area (Å²) in [5.41, 5.74) is 1.22. The molecule has 0 aliphatic rings. The Kier molecular flexibility index (Phi) is 5.04. The van der Waals surface area contributed by atoms with Gasteiger partial charge in [0.2, 0.25) is 15.9 Å². The van der Waals surface area contributed by atoms with Gasteiger partial charge < -0.3 is 10.6 Å². The van der Waals surface area contributed by atoms with Crippen molar-refractivity contribution in [2.75, 3.05) is 11.9 Å². The minimum Gasteiger partial charge on any atom is -0.325 e. The smallest absolute Gasteiger partial charge is 0.238 e. The molecule has 0 aromatic heterocycles. The van der Waals surface area contributed by atoms with E-state index in [0.717, 1.165) is 5.56 Å². The van der Waals surface area contributed by atoms with Crippen molar-refractivity contribution in [3.63, 3.8) is 0 Å². The molecule has 0 atom stereocenters. The maximum absolute atomic E-state index is 11.7. The Hall–Kier alpha value is -1.44. The van der Waals surface area contributed by atoms with Gasteiger partial charge in [0.25, 0.3) is 0 Å². The number of nitrogens with one attached hydrogen (secondary N) is 2. The summed E-state index contributed by atoms with van der Waals surface area (Å²) in [6, 6.07) is 4.57. The molecule has 0 heterocycles. The monoisotopic (exact) mass is 285 g/mol. The Balaban J connectivity index is 2.86. The summed E-state index contributed by atoms with van der Waals surface area (Å²) in [5, 5.41) is 10.7. The van der Waals surface area contributed by atoms with E-state index in [0.29, 0.717) is 5.69 Å². The number of carbonyl (C=O) groups is 1. The van der Waals surface area contributed by atoms with Crippen molar-refractivity contribution in [3.05, 3.63) is 23.8 Å². The molecule has 1 aromatic rings. The zero-order chi connectivity index (χ0) is 14.6. The quantitative estimate of drug-likeness (QED) is 0.736. The molecule has 4 N–H and O–H groups in total. The standard InChI is InChI=1S/C12H19N3O3S/c1-8(2)14-7-12(16)15-11-6-10(19(13,17)18)5-4-9(11)3/h4-6,8,14H,7H2,1-3H3,(H,15,16)(H2,13,17,18). The van der Waals surface area contributed by atoms with Crippen molar-refractivity contribution in [2.45, 2.75) is 31.7 Å². The second-order valence-corrected chi connectivity index (χ2v) is 6.17. The number of hydrogen-bond donors (Lipinski definition) is 3. The van der Waals surface area contributed by atoms with Gasteiger partial charge in [-0.25, -0.2) is 13.6 Å². The zero-order valence-electron chi connectivity index (χ0n) is 11.2. The van der Waals surface area contributed by atoms with E-state index < -0.39 is 10.0 Å². The Morgan fingerprint density at radius 2 is 2.00 bits per heavy atom. The summed E-state index contributed by atoms with van der Waals surface area (Å²) in [6.45, 7) is 5.80. The molecule has 0 saturated heterocycles. The largest absolute Gasteiger partial charge is 0.325 e. The third kappa shape index (κ3) is 4.98. The first kappa shape index (κ1) is 15.6. The average Bonchev–Trinajstić information content (AvgIpc) is 2.28. The molecule has 19 heavy (non-hydrogen) atoms. The number of hydrogen-bond acceptors (Lipinski definition) is 4. The van der Waals surface area contributed by atoms with Crippen molar-refractivity contribution in [1.82, 2.24) is 5.32 Å². The summed E-state index contributed by atoms with van der Waals surface area (Å²) >= 11 is 0. The molecule has 1 amide bonds. The van der Waals surface area contributed by atoms with Crippen molar-refractivity contribution in [2.24, 2.45) is 5.14 Å². The van der Waals surface area contributed by atoms with Gasteiger partial charge >= 0.3 is 0 Å². The minimum absolute atomic E-state index is 0.0229. The topological polar surface area (TPSA) is 101 Å². The van der Waals surface area contributed by atoms with Crippen LogP contribution in [0, 0.1) is 6.92 Å². The Morgan fingerprint density at radius 3 is 2.53 bits per heavy atom. The first-order valence-corrected chi connectivity index (χ1v) is 7.41. The van der Waals surface area contributed by atoms with Crippen molar-refractivity contribution < 1.29 is 13.2 Å². The van der Waals surface area contributed by atoms with Crippen molar-refractivity contribution in [1.29, 1.82) is 0 Å². The summed E-state index contributed by atoms with van der Waals surface area (Å²) in [5.74, 6) is -0.233. The van der Waals surface area contributed by atoms with Gasteiger partial charge in [0.15, 0.2) is 0 Å². The number of sulfonamides is 1. The summed E-state index contributed by atoms with van der Waals surface area (Å²) in [6.07, 6.45) is 0. The van der Waals surface area contributed by atoms with Crippen LogP contribution in [-0.2, 0) is 14.8 Å². The number of anilines is 1. The van der Waals surface area contributed by atoms with Crippen LogP contribution in [0.25, 0.3) is 0 Å². The van der Waals surface area contributed by atoms with Gasteiger partial charge in [-0.05, 0) is 24.6 Å². The highest BCUT2D eigenvalue weighted by Crippen LogP contribution is 2.19. The van der Waals surface area contributed by atoms with E-state index in [1.165, 1.54) is 12.1 Å². The Morgan fingerprint density at radius 1 is 1.37 bits per heavy atom. The van der Waals surface area contributed by atoms with E-state index in [1.54, 1.807) is 13.0 Å². The lowest BCUT2D eigenvalue weighted by atomic mass is 10.2. The summed E-state index contributed by atoms with van der Waals surface area (Å²) < 4.78 is 22.5. The van der Waals surface area contributed by atoms with E-state index >= 15 is 0 Å². The van der Waals surface area contributed by atoms with Crippen LogP contribution < -0.4 is 15.8 Å². The van der Waals surface area contributed by atoms with Gasteiger partial charge in [0, 0.05) is 11.7 Å². The van der Waals surface area contributed by atoms with Crippen LogP contribution in [0.2, 0.25) is 0 Å². The molecule has 0 aliphatic carbocycles. The highest BCUT2D eigenvalue weighted by Gasteiger charge is 2.11. The SMILES string of the molecule is Cc1ccc(S(N)(=O)=O)cc1NC(=O)CNC(C)C. The molecular weight excluding hydrogens is 266 g/mol. The molecule has 106 valence electrons. The maximum Gasteiger partial charge on any atom is 0.238 e. The minimum atomic E-state index is -3.77. The predicted octanol–water partition coefficient (Wildman–Crippen LogP) is 0.579. The molecule has 0 aliphatic heterocycles. The Labute approximate surface area is 113 Å². The van der Waals surface area contributed by atoms with Gasteiger partial charge in [0.1, 0.15) is 0 Å². The number of benzene rings is 1. The molecule has 0 unspecified atom stereocenters. The van der Waals surface area contributed by atoms with Crippen LogP contribution in [0.4, 0.5) is 5.69 Å². The van der Waals surface area contributed by atoms with E-state index in [2.05, 4.69) is 10.6 Å². The Bertz CT molecular complexity index is 568. The number of primary sulfonamides is 1. The fourth-order valence-electron chi connectivity index (χ4n) is 1.40. The van der Waals surface area contributed by atoms with Crippen molar-refractivity contribution in [3.8, 4) is 0 Å². The predicted molar refractivity (Wildman–Crippen MR) is 74.3 cm³/mol. The molecule has 0 radical (unpaired) electrons. The zero-order valence-corrected chi connectivity index (χ0v) is 12.0. The third-order valence-electron chi connectivity index (χ3n) is 2.48. The highest BCUT2D eigenvalue weighted by molar-refractivity contribution is 7.89. The van der Waals surface area contributed by atoms with Crippen LogP contribution in [0.15, 0.2) is 23.1 Å². The first-order valence-electron chi connectivity index (χ1n) is 5.87. The molecular formula is C12H19N3O3S. The van der Waals surface area contributed by atoms with Gasteiger partial charge in [0.05, 0.1) is 11.4 Å². The lowest BCUT2D eigenvalue weighted by Crippen LogP contribution is -2.32. The van der Waals surface area contributed by atoms with E-state index in [1.807, 2.05) is 13.8 Å². The lowest BCUT2D eigenvalue weighted by molar-refractivity contribution is -0.115. The molecule has 1 aromatic carbocycles. The average molecular weight is 285 g/mol. The maximum atomic E-state index is 11.7. The summed E-state index contributed by atoms with van der Waals surface area (Å²) in [4.78, 5) is 11.7. The van der Waals surface area contributed by atoms with Crippen LogP contribution in [0.1, 0.15) is 19.4 Å². The number of aryl methyl sites for hydroxylation is 1. The second-order valence-electron chi connectivity index (χ2n) is 4.61. The molecule has 0 fully saturated rings. The second kappa shape index (κ2) is 6.14. The molecule has 7 heteroatoms. The molecule has 0 bridgehead atoms. The summed E-state index contributed by atoms with van der Waals surface area (Å²) in [7, 11) is -3.77. The number of carbonyl (C=O) groups excluding carboxylic acids is 1. The van der Waals surface area contributed by atoms with Crippen LogP contribution in [0.3, 0.4) is 0 Å². The molecule has 1 rings (SSSR count). The van der Waals surface area contributed by atoms with Crippen LogP contribution >= 0.6 is 0 Å². The first-order chi connectivity index (χ1) is 8.70. The van der Waals surface area contributed by atoms with Crippen LogP contribution in [-0.4, -0.2) is 26.9 Å².